The summed E-state index contributed by atoms with van der Waals surface area (Å²) in [5.41, 5.74) is 2.82. The van der Waals surface area contributed by atoms with Crippen molar-refractivity contribution in [2.75, 3.05) is 33.2 Å². The van der Waals surface area contributed by atoms with Crippen molar-refractivity contribution in [3.05, 3.63) is 35.4 Å². The zero-order valence-electron chi connectivity index (χ0n) is 18.5. The second-order valence-corrected chi connectivity index (χ2v) is 8.58. The lowest BCUT2D eigenvalue weighted by Gasteiger charge is -2.35. The van der Waals surface area contributed by atoms with Crippen LogP contribution in [-0.4, -0.2) is 61.1 Å². The lowest BCUT2D eigenvalue weighted by atomic mass is 10.0. The summed E-state index contributed by atoms with van der Waals surface area (Å²) in [5, 5.41) is 7.19. The van der Waals surface area contributed by atoms with Crippen molar-refractivity contribution in [3.63, 3.8) is 0 Å². The summed E-state index contributed by atoms with van der Waals surface area (Å²) in [6.45, 7) is 11.3. The highest BCUT2D eigenvalue weighted by Gasteiger charge is 2.21. The minimum absolute atomic E-state index is 0. The van der Waals surface area contributed by atoms with Gasteiger partial charge in [-0.2, -0.15) is 0 Å². The zero-order chi connectivity index (χ0) is 19.8. The maximum absolute atomic E-state index is 4.47. The Morgan fingerprint density at radius 1 is 1.03 bits per heavy atom. The van der Waals surface area contributed by atoms with E-state index in [-0.39, 0.29) is 24.0 Å². The van der Waals surface area contributed by atoms with E-state index in [4.69, 9.17) is 0 Å². The predicted octanol–water partition coefficient (Wildman–Crippen LogP) is 3.83. The number of rotatable bonds is 6. The van der Waals surface area contributed by atoms with Crippen molar-refractivity contribution in [3.8, 4) is 0 Å². The maximum Gasteiger partial charge on any atom is 0.191 e. The molecule has 5 nitrogen and oxygen atoms in total. The quantitative estimate of drug-likeness (QED) is 0.345. The summed E-state index contributed by atoms with van der Waals surface area (Å²) >= 11 is 0. The summed E-state index contributed by atoms with van der Waals surface area (Å²) in [6.07, 6.45) is 6.44. The van der Waals surface area contributed by atoms with Crippen LogP contribution in [0.3, 0.4) is 0 Å². The molecule has 2 fully saturated rings. The molecule has 0 radical (unpaired) electrons. The van der Waals surface area contributed by atoms with Crippen molar-refractivity contribution in [1.82, 2.24) is 20.4 Å². The molecule has 0 spiro atoms. The van der Waals surface area contributed by atoms with Crippen molar-refractivity contribution >= 4 is 29.9 Å². The molecule has 0 unspecified atom stereocenters. The average molecular weight is 514 g/mol. The molecule has 6 heteroatoms. The monoisotopic (exact) mass is 513 g/mol. The predicted molar refractivity (Wildman–Crippen MR) is 134 cm³/mol. The molecule has 2 heterocycles. The van der Waals surface area contributed by atoms with Crippen LogP contribution in [0, 0.1) is 0 Å². The molecular weight excluding hydrogens is 473 g/mol. The number of halogens is 1. The van der Waals surface area contributed by atoms with Crippen molar-refractivity contribution in [2.24, 2.45) is 4.99 Å². The van der Waals surface area contributed by atoms with Crippen LogP contribution in [0.2, 0.25) is 0 Å². The Bertz CT molecular complexity index is 619. The third kappa shape index (κ3) is 7.72. The van der Waals surface area contributed by atoms with Crippen LogP contribution in [0.15, 0.2) is 29.3 Å². The molecule has 2 aliphatic heterocycles. The van der Waals surface area contributed by atoms with Gasteiger partial charge >= 0.3 is 0 Å². The van der Waals surface area contributed by atoms with E-state index in [0.29, 0.717) is 12.1 Å². The Hall–Kier alpha value is -0.860. The lowest BCUT2D eigenvalue weighted by Crippen LogP contribution is -2.49. The Balaban J connectivity index is 0.00000300. The van der Waals surface area contributed by atoms with Crippen LogP contribution in [0.1, 0.15) is 57.1 Å². The number of nitrogens with one attached hydrogen (secondary N) is 2. The number of nitrogens with zero attached hydrogens (tertiary/aromatic N) is 3. The van der Waals surface area contributed by atoms with E-state index >= 15 is 0 Å². The molecular formula is C23H40IN5. The van der Waals surface area contributed by atoms with Crippen molar-refractivity contribution in [1.29, 1.82) is 0 Å². The largest absolute Gasteiger partial charge is 0.354 e. The molecule has 0 bridgehead atoms. The highest BCUT2D eigenvalue weighted by atomic mass is 127. The minimum atomic E-state index is 0. The first-order valence-corrected chi connectivity index (χ1v) is 11.2. The van der Waals surface area contributed by atoms with Crippen LogP contribution in [0.4, 0.5) is 0 Å². The third-order valence-electron chi connectivity index (χ3n) is 6.23. The Morgan fingerprint density at radius 2 is 1.69 bits per heavy atom. The second-order valence-electron chi connectivity index (χ2n) is 8.58. The van der Waals surface area contributed by atoms with Gasteiger partial charge in [0.25, 0.3) is 0 Å². The molecule has 0 aromatic heterocycles. The summed E-state index contributed by atoms with van der Waals surface area (Å²) < 4.78 is 0. The third-order valence-corrected chi connectivity index (χ3v) is 6.23. The van der Waals surface area contributed by atoms with E-state index in [1.54, 1.807) is 0 Å². The first kappa shape index (κ1) is 24.4. The molecule has 2 saturated heterocycles. The molecule has 0 aliphatic carbocycles. The number of hydrogen-bond donors (Lipinski definition) is 2. The fraction of sp³-hybridized carbons (Fsp3) is 0.696. The summed E-state index contributed by atoms with van der Waals surface area (Å²) in [7, 11) is 1.87. The minimum Gasteiger partial charge on any atom is -0.354 e. The molecule has 3 rings (SSSR count). The lowest BCUT2D eigenvalue weighted by molar-refractivity contribution is 0.167. The van der Waals surface area contributed by atoms with Crippen LogP contribution >= 0.6 is 24.0 Å². The fourth-order valence-electron chi connectivity index (χ4n) is 4.37. The van der Waals surface area contributed by atoms with Gasteiger partial charge in [0, 0.05) is 45.3 Å². The van der Waals surface area contributed by atoms with Gasteiger partial charge in [0.1, 0.15) is 0 Å². The number of benzene rings is 1. The second kappa shape index (κ2) is 12.7. The number of likely N-dealkylation sites (tertiary alicyclic amines) is 2. The number of aliphatic imine (C=N–C) groups is 1. The normalized spacial score (nSPS) is 19.8. The smallest absolute Gasteiger partial charge is 0.191 e. The molecule has 0 atom stereocenters. The first-order chi connectivity index (χ1) is 13.7. The van der Waals surface area contributed by atoms with E-state index in [1.807, 2.05) is 7.05 Å². The molecule has 0 amide bonds. The van der Waals surface area contributed by atoms with Crippen molar-refractivity contribution in [2.45, 2.75) is 71.1 Å². The Kier molecular flexibility index (Phi) is 10.7. The van der Waals surface area contributed by atoms with Gasteiger partial charge in [0.2, 0.25) is 0 Å². The number of piperidine rings is 2. The fourth-order valence-corrected chi connectivity index (χ4v) is 4.37. The molecule has 1 aromatic carbocycles. The summed E-state index contributed by atoms with van der Waals surface area (Å²) in [5.74, 6) is 0.927. The molecule has 2 aliphatic rings. The molecule has 164 valence electrons. The van der Waals surface area contributed by atoms with Gasteiger partial charge in [-0.3, -0.25) is 9.89 Å². The molecule has 29 heavy (non-hydrogen) atoms. The van der Waals surface area contributed by atoms with Crippen molar-refractivity contribution < 1.29 is 0 Å². The molecule has 0 saturated carbocycles. The number of hydrogen-bond acceptors (Lipinski definition) is 3. The topological polar surface area (TPSA) is 42.9 Å². The van der Waals surface area contributed by atoms with Gasteiger partial charge < -0.3 is 15.5 Å². The van der Waals surface area contributed by atoms with Gasteiger partial charge in [-0.15, -0.1) is 24.0 Å². The summed E-state index contributed by atoms with van der Waals surface area (Å²) in [4.78, 5) is 9.62. The van der Waals surface area contributed by atoms with E-state index in [2.05, 4.69) is 63.5 Å². The van der Waals surface area contributed by atoms with Gasteiger partial charge in [-0.05, 0) is 63.7 Å². The van der Waals surface area contributed by atoms with Crippen LogP contribution in [0.25, 0.3) is 0 Å². The SMILES string of the molecule is CN=C(NCc1ccccc1CN1CCCCC1)NC1CCN(C(C)C)CC1.I. The van der Waals surface area contributed by atoms with Gasteiger partial charge in [-0.1, -0.05) is 30.7 Å². The highest BCUT2D eigenvalue weighted by molar-refractivity contribution is 14.0. The van der Waals surface area contributed by atoms with Gasteiger partial charge in [0.05, 0.1) is 0 Å². The van der Waals surface area contributed by atoms with Crippen LogP contribution < -0.4 is 10.6 Å². The van der Waals surface area contributed by atoms with Crippen LogP contribution in [0.5, 0.6) is 0 Å². The molecule has 2 N–H and O–H groups in total. The highest BCUT2D eigenvalue weighted by Crippen LogP contribution is 2.16. The maximum atomic E-state index is 4.47. The number of guanidine groups is 1. The standard InChI is InChI=1S/C23H39N5.HI/c1-19(2)28-15-11-22(12-16-28)26-23(24-3)25-17-20-9-5-6-10-21(20)18-27-13-7-4-8-14-27;/h5-6,9-10,19,22H,4,7-8,11-18H2,1-3H3,(H2,24,25,26);1H. The van der Waals surface area contributed by atoms with E-state index in [1.165, 1.54) is 69.4 Å². The van der Waals surface area contributed by atoms with E-state index < -0.39 is 0 Å². The Morgan fingerprint density at radius 3 is 2.31 bits per heavy atom. The Labute approximate surface area is 194 Å². The van der Waals surface area contributed by atoms with E-state index in [9.17, 15) is 0 Å². The van der Waals surface area contributed by atoms with Crippen LogP contribution in [-0.2, 0) is 13.1 Å². The zero-order valence-corrected chi connectivity index (χ0v) is 20.8. The average Bonchev–Trinajstić information content (AvgIpc) is 2.73. The first-order valence-electron chi connectivity index (χ1n) is 11.2. The molecule has 1 aromatic rings. The summed E-state index contributed by atoms with van der Waals surface area (Å²) in [6, 6.07) is 10.0. The van der Waals surface area contributed by atoms with E-state index in [0.717, 1.165) is 19.0 Å². The van der Waals surface area contributed by atoms with Gasteiger partial charge in [-0.25, -0.2) is 0 Å². The van der Waals surface area contributed by atoms with Gasteiger partial charge in [0.15, 0.2) is 5.96 Å².